The average molecular weight is 123 g/mol. The van der Waals surface area contributed by atoms with Crippen LogP contribution in [0.1, 0.15) is 13.3 Å². The first kappa shape index (κ1) is 7.15. The van der Waals surface area contributed by atoms with Gasteiger partial charge in [-0.1, -0.05) is 6.92 Å². The van der Waals surface area contributed by atoms with Crippen molar-refractivity contribution in [2.45, 2.75) is 19.1 Å². The van der Waals surface area contributed by atoms with E-state index < -0.39 is 13.8 Å². The molecule has 0 saturated heterocycles. The van der Waals surface area contributed by atoms with Crippen molar-refractivity contribution < 1.29 is 9.46 Å². The summed E-state index contributed by atoms with van der Waals surface area (Å²) >= 11 is 0. The summed E-state index contributed by atoms with van der Waals surface area (Å²) in [6.07, 6.45) is 0.578. The Labute approximate surface area is 43.4 Å². The number of hydrogen-bond donors (Lipinski definition) is 2. The molecule has 0 aromatic rings. The molecule has 0 spiro atoms. The number of hydrogen-bond acceptors (Lipinski definition) is 2. The molecular weight excluding hydrogens is 113 g/mol. The smallest absolute Gasteiger partial charge is 0.205 e. The Bertz CT molecular complexity index is 75.3. The lowest BCUT2D eigenvalue weighted by Crippen LogP contribution is -2.12. The highest BCUT2D eigenvalue weighted by Gasteiger charge is 2.01. The van der Waals surface area contributed by atoms with Crippen LogP contribution >= 0.6 is 8.03 Å². The van der Waals surface area contributed by atoms with Crippen molar-refractivity contribution in [1.29, 1.82) is 0 Å². The fourth-order valence-corrected chi connectivity index (χ4v) is 0.524. The topological polar surface area (TPSA) is 63.3 Å². The number of rotatable bonds is 2. The molecule has 4 heteroatoms. The van der Waals surface area contributed by atoms with Crippen LogP contribution in [0.2, 0.25) is 0 Å². The van der Waals surface area contributed by atoms with Crippen LogP contribution in [0, 0.1) is 0 Å². The summed E-state index contributed by atoms with van der Waals surface area (Å²) in [6.45, 7) is 1.78. The van der Waals surface area contributed by atoms with Gasteiger partial charge in [0, 0.05) is 0 Å². The molecule has 2 atom stereocenters. The summed E-state index contributed by atoms with van der Waals surface area (Å²) in [4.78, 5) is 8.24. The molecule has 0 heterocycles. The van der Waals surface area contributed by atoms with Gasteiger partial charge < -0.3 is 10.6 Å². The van der Waals surface area contributed by atoms with E-state index in [9.17, 15) is 4.57 Å². The molecule has 7 heavy (non-hydrogen) atoms. The van der Waals surface area contributed by atoms with Gasteiger partial charge in [-0.2, -0.15) is 0 Å². The highest BCUT2D eigenvalue weighted by Crippen LogP contribution is 2.19. The lowest BCUT2D eigenvalue weighted by molar-refractivity contribution is 0.487. The van der Waals surface area contributed by atoms with E-state index in [2.05, 4.69) is 0 Å². The zero-order chi connectivity index (χ0) is 5.86. The van der Waals surface area contributed by atoms with E-state index in [1.165, 1.54) is 0 Å². The molecule has 0 aliphatic carbocycles. The third kappa shape index (κ3) is 2.80. The molecule has 0 aliphatic heterocycles. The molecule has 3 N–H and O–H groups in total. The Morgan fingerprint density at radius 3 is 2.43 bits per heavy atom. The minimum absolute atomic E-state index is 0.495. The summed E-state index contributed by atoms with van der Waals surface area (Å²) < 4.78 is 9.99. The first-order valence-corrected chi connectivity index (χ1v) is 3.60. The van der Waals surface area contributed by atoms with Gasteiger partial charge in [0.1, 0.15) is 0 Å². The first-order valence-electron chi connectivity index (χ1n) is 2.17. The van der Waals surface area contributed by atoms with Gasteiger partial charge in [0.2, 0.25) is 8.03 Å². The van der Waals surface area contributed by atoms with Gasteiger partial charge in [-0.15, -0.1) is 0 Å². The van der Waals surface area contributed by atoms with E-state index in [-0.39, 0.29) is 0 Å². The second-order valence-corrected chi connectivity index (χ2v) is 2.77. The summed E-state index contributed by atoms with van der Waals surface area (Å²) in [6, 6.07) is 0. The monoisotopic (exact) mass is 123 g/mol. The second kappa shape index (κ2) is 3.19. The first-order chi connectivity index (χ1) is 3.18. The number of nitrogens with two attached hydrogens (primary N) is 1. The minimum Gasteiger partial charge on any atom is -0.345 e. The van der Waals surface area contributed by atoms with Crippen molar-refractivity contribution in [3.05, 3.63) is 0 Å². The van der Waals surface area contributed by atoms with Gasteiger partial charge in [-0.25, -0.2) is 0 Å². The van der Waals surface area contributed by atoms with E-state index in [1.807, 2.05) is 0 Å². The SMILES string of the molecule is CCC(N)[PH](=O)O. The van der Waals surface area contributed by atoms with Gasteiger partial charge >= 0.3 is 0 Å². The van der Waals surface area contributed by atoms with Crippen LogP contribution in [0.15, 0.2) is 0 Å². The Hall–Kier alpha value is 0.150. The summed E-state index contributed by atoms with van der Waals surface area (Å²) in [5, 5.41) is 0. The molecule has 0 saturated carbocycles. The quantitative estimate of drug-likeness (QED) is 0.513. The standard InChI is InChI=1S/C3H10NO2P/c1-2-3(4)7(5)6/h3,7H,2,4H2,1H3,(H,5,6). The Morgan fingerprint density at radius 1 is 2.00 bits per heavy atom. The van der Waals surface area contributed by atoms with Crippen molar-refractivity contribution in [3.8, 4) is 0 Å². The molecule has 44 valence electrons. The maximum Gasteiger partial charge on any atom is 0.205 e. The van der Waals surface area contributed by atoms with Crippen molar-refractivity contribution in [2.75, 3.05) is 0 Å². The molecule has 0 bridgehead atoms. The van der Waals surface area contributed by atoms with Crippen LogP contribution in [-0.2, 0) is 4.57 Å². The molecular formula is C3H10NO2P. The third-order valence-electron chi connectivity index (χ3n) is 0.757. The van der Waals surface area contributed by atoms with Gasteiger partial charge in [0.15, 0.2) is 0 Å². The predicted octanol–water partition coefficient (Wildman–Crippen LogP) is 0.148. The minimum atomic E-state index is -2.44. The Kier molecular flexibility index (Phi) is 3.26. The van der Waals surface area contributed by atoms with Crippen LogP contribution in [0.3, 0.4) is 0 Å². The summed E-state index contributed by atoms with van der Waals surface area (Å²) in [5.41, 5.74) is 5.10. The van der Waals surface area contributed by atoms with Crippen LogP contribution < -0.4 is 5.73 Å². The summed E-state index contributed by atoms with van der Waals surface area (Å²) in [7, 11) is -2.44. The third-order valence-corrected chi connectivity index (χ3v) is 1.80. The maximum absolute atomic E-state index is 9.99. The molecule has 0 fully saturated rings. The Morgan fingerprint density at radius 2 is 2.43 bits per heavy atom. The van der Waals surface area contributed by atoms with Gasteiger partial charge in [-0.05, 0) is 6.42 Å². The predicted molar refractivity (Wildman–Crippen MR) is 29.5 cm³/mol. The fraction of sp³-hybridized carbons (Fsp3) is 1.00. The average Bonchev–Trinajstić information content (AvgIpc) is 1.65. The van der Waals surface area contributed by atoms with Crippen LogP contribution in [-0.4, -0.2) is 10.7 Å². The van der Waals surface area contributed by atoms with E-state index in [0.717, 1.165) is 0 Å². The van der Waals surface area contributed by atoms with Crippen molar-refractivity contribution in [1.82, 2.24) is 0 Å². The lowest BCUT2D eigenvalue weighted by Gasteiger charge is -1.99. The molecule has 0 rings (SSSR count). The van der Waals surface area contributed by atoms with E-state index >= 15 is 0 Å². The highest BCUT2D eigenvalue weighted by atomic mass is 31.1. The van der Waals surface area contributed by atoms with E-state index in [0.29, 0.717) is 6.42 Å². The van der Waals surface area contributed by atoms with Crippen LogP contribution in [0.4, 0.5) is 0 Å². The van der Waals surface area contributed by atoms with Crippen LogP contribution in [0.5, 0.6) is 0 Å². The highest BCUT2D eigenvalue weighted by molar-refractivity contribution is 7.38. The largest absolute Gasteiger partial charge is 0.345 e. The lowest BCUT2D eigenvalue weighted by atomic mass is 10.5. The molecule has 0 aromatic carbocycles. The second-order valence-electron chi connectivity index (χ2n) is 1.35. The van der Waals surface area contributed by atoms with Gasteiger partial charge in [0.05, 0.1) is 5.78 Å². The molecule has 0 aromatic heterocycles. The van der Waals surface area contributed by atoms with Crippen molar-refractivity contribution >= 4 is 8.03 Å². The van der Waals surface area contributed by atoms with Gasteiger partial charge in [-0.3, -0.25) is 4.57 Å². The van der Waals surface area contributed by atoms with Gasteiger partial charge in [0.25, 0.3) is 0 Å². The van der Waals surface area contributed by atoms with Crippen molar-refractivity contribution in [2.24, 2.45) is 5.73 Å². The zero-order valence-electron chi connectivity index (χ0n) is 4.22. The molecule has 2 unspecified atom stereocenters. The molecule has 0 amide bonds. The van der Waals surface area contributed by atoms with E-state index in [4.69, 9.17) is 10.6 Å². The molecule has 0 radical (unpaired) electrons. The van der Waals surface area contributed by atoms with E-state index in [1.54, 1.807) is 6.92 Å². The Balaban J connectivity index is 3.34. The fourth-order valence-electron chi connectivity index (χ4n) is 0.175. The normalized spacial score (nSPS) is 18.7. The molecule has 0 aliphatic rings. The molecule has 3 nitrogen and oxygen atoms in total. The maximum atomic E-state index is 9.99. The van der Waals surface area contributed by atoms with Crippen molar-refractivity contribution in [3.63, 3.8) is 0 Å². The summed E-state index contributed by atoms with van der Waals surface area (Å²) in [5.74, 6) is -0.495. The zero-order valence-corrected chi connectivity index (χ0v) is 5.22. The van der Waals surface area contributed by atoms with Crippen LogP contribution in [0.25, 0.3) is 0 Å².